The Bertz CT molecular complexity index is 682. The third kappa shape index (κ3) is 3.14. The molecule has 4 nitrogen and oxygen atoms in total. The maximum absolute atomic E-state index is 12.6. The van der Waals surface area contributed by atoms with Crippen LogP contribution in [-0.2, 0) is 29.5 Å². The van der Waals surface area contributed by atoms with Crippen molar-refractivity contribution in [2.45, 2.75) is 44.4 Å². The Labute approximate surface area is 132 Å². The summed E-state index contributed by atoms with van der Waals surface area (Å²) in [5.74, 6) is 0.327. The summed E-state index contributed by atoms with van der Waals surface area (Å²) in [7, 11) is -1.24. The number of aryl methyl sites for hydroxylation is 3. The van der Waals surface area contributed by atoms with Crippen molar-refractivity contribution in [2.75, 3.05) is 5.73 Å². The number of hydrogen-bond donors (Lipinski definition) is 1. The van der Waals surface area contributed by atoms with Crippen molar-refractivity contribution in [2.24, 2.45) is 0 Å². The van der Waals surface area contributed by atoms with Gasteiger partial charge in [-0.25, -0.2) is 0 Å². The first-order valence-corrected chi connectivity index (χ1v) is 8.66. The summed E-state index contributed by atoms with van der Waals surface area (Å²) in [5.41, 5.74) is 9.22. The van der Waals surface area contributed by atoms with Crippen molar-refractivity contribution in [3.8, 4) is 0 Å². The fourth-order valence-corrected chi connectivity index (χ4v) is 3.96. The van der Waals surface area contributed by atoms with Crippen LogP contribution < -0.4 is 5.73 Å². The van der Waals surface area contributed by atoms with Gasteiger partial charge in [0.2, 0.25) is 0 Å². The molecule has 6 heteroatoms. The van der Waals surface area contributed by atoms with Gasteiger partial charge in [-0.2, -0.15) is 5.10 Å². The fraction of sp³-hybridized carbons (Fsp3) is 0.400. The SMILES string of the molecule is CCc1nn(CC)c(CS(=O)c2cccc(C)c2N)c1Cl. The van der Waals surface area contributed by atoms with E-state index in [4.69, 9.17) is 17.3 Å². The van der Waals surface area contributed by atoms with Gasteiger partial charge < -0.3 is 5.73 Å². The molecular formula is C15H20ClN3OS. The Kier molecular flexibility index (Phi) is 5.06. The molecule has 1 atom stereocenters. The molecule has 0 amide bonds. The number of para-hydroxylation sites is 1. The first-order chi connectivity index (χ1) is 9.99. The molecule has 0 fully saturated rings. The van der Waals surface area contributed by atoms with E-state index in [1.54, 1.807) is 6.07 Å². The molecule has 1 heterocycles. The predicted molar refractivity (Wildman–Crippen MR) is 88.0 cm³/mol. The molecule has 0 saturated heterocycles. The van der Waals surface area contributed by atoms with Gasteiger partial charge in [0, 0.05) is 6.54 Å². The van der Waals surface area contributed by atoms with E-state index in [1.165, 1.54) is 0 Å². The molecule has 2 N–H and O–H groups in total. The van der Waals surface area contributed by atoms with Gasteiger partial charge in [0.1, 0.15) is 0 Å². The van der Waals surface area contributed by atoms with Crippen LogP contribution in [0.2, 0.25) is 5.02 Å². The fourth-order valence-electron chi connectivity index (χ4n) is 2.21. The summed E-state index contributed by atoms with van der Waals surface area (Å²) in [6.07, 6.45) is 0.762. The average Bonchev–Trinajstić information content (AvgIpc) is 2.78. The maximum atomic E-state index is 12.6. The third-order valence-corrected chi connectivity index (χ3v) is 5.31. The van der Waals surface area contributed by atoms with Crippen LogP contribution in [0.3, 0.4) is 0 Å². The Morgan fingerprint density at radius 3 is 2.71 bits per heavy atom. The van der Waals surface area contributed by atoms with Crippen LogP contribution in [0, 0.1) is 6.92 Å². The monoisotopic (exact) mass is 325 g/mol. The van der Waals surface area contributed by atoms with Gasteiger partial charge in [0.05, 0.1) is 43.5 Å². The standard InChI is InChI=1S/C15H20ClN3OS/c1-4-11-14(16)12(19(5-2)18-11)9-21(20)13-8-6-7-10(3)15(13)17/h6-8H,4-5,9,17H2,1-3H3. The minimum Gasteiger partial charge on any atom is -0.398 e. The van der Waals surface area contributed by atoms with E-state index in [0.29, 0.717) is 27.9 Å². The van der Waals surface area contributed by atoms with E-state index in [0.717, 1.165) is 23.4 Å². The second kappa shape index (κ2) is 6.62. The second-order valence-electron chi connectivity index (χ2n) is 4.85. The molecular weight excluding hydrogens is 306 g/mol. The number of benzene rings is 1. The van der Waals surface area contributed by atoms with Gasteiger partial charge in [0.15, 0.2) is 0 Å². The van der Waals surface area contributed by atoms with Crippen molar-refractivity contribution >= 4 is 28.1 Å². The quantitative estimate of drug-likeness (QED) is 0.858. The van der Waals surface area contributed by atoms with Gasteiger partial charge in [-0.3, -0.25) is 8.89 Å². The molecule has 0 bridgehead atoms. The number of hydrogen-bond acceptors (Lipinski definition) is 3. The number of halogens is 1. The molecule has 1 unspecified atom stereocenters. The Hall–Kier alpha value is -1.33. The highest BCUT2D eigenvalue weighted by Crippen LogP contribution is 2.27. The Balaban J connectivity index is 2.36. The summed E-state index contributed by atoms with van der Waals surface area (Å²) >= 11 is 6.36. The molecule has 0 aliphatic heterocycles. The first-order valence-electron chi connectivity index (χ1n) is 6.97. The molecule has 2 aromatic rings. The molecule has 0 spiro atoms. The zero-order valence-electron chi connectivity index (χ0n) is 12.5. The highest BCUT2D eigenvalue weighted by Gasteiger charge is 2.18. The molecule has 0 aliphatic rings. The number of nitrogen functional groups attached to an aromatic ring is 1. The molecule has 0 radical (unpaired) electrons. The van der Waals surface area contributed by atoms with Crippen molar-refractivity contribution in [1.82, 2.24) is 9.78 Å². The number of nitrogens with zero attached hydrogens (tertiary/aromatic N) is 2. The molecule has 1 aromatic heterocycles. The second-order valence-corrected chi connectivity index (χ2v) is 6.65. The van der Waals surface area contributed by atoms with E-state index >= 15 is 0 Å². The van der Waals surface area contributed by atoms with Crippen LogP contribution in [0.25, 0.3) is 0 Å². The molecule has 21 heavy (non-hydrogen) atoms. The van der Waals surface area contributed by atoms with E-state index in [-0.39, 0.29) is 0 Å². The van der Waals surface area contributed by atoms with Crippen LogP contribution in [0.15, 0.2) is 23.1 Å². The zero-order chi connectivity index (χ0) is 15.6. The average molecular weight is 326 g/mol. The largest absolute Gasteiger partial charge is 0.398 e. The predicted octanol–water partition coefficient (Wildman–Crippen LogP) is 3.32. The van der Waals surface area contributed by atoms with Crippen LogP contribution >= 0.6 is 11.6 Å². The normalized spacial score (nSPS) is 12.6. The number of rotatable bonds is 5. The molecule has 0 aliphatic carbocycles. The lowest BCUT2D eigenvalue weighted by atomic mass is 10.2. The Morgan fingerprint density at radius 1 is 1.38 bits per heavy atom. The third-order valence-electron chi connectivity index (χ3n) is 3.49. The van der Waals surface area contributed by atoms with Crippen LogP contribution in [0.4, 0.5) is 5.69 Å². The summed E-state index contributed by atoms with van der Waals surface area (Å²) < 4.78 is 14.5. The minimum absolute atomic E-state index is 0.327. The van der Waals surface area contributed by atoms with Crippen LogP contribution in [0.5, 0.6) is 0 Å². The maximum Gasteiger partial charge on any atom is 0.0859 e. The minimum atomic E-state index is -1.24. The lowest BCUT2D eigenvalue weighted by Crippen LogP contribution is -2.08. The van der Waals surface area contributed by atoms with E-state index < -0.39 is 10.8 Å². The van der Waals surface area contributed by atoms with Crippen molar-refractivity contribution in [1.29, 1.82) is 0 Å². The summed E-state index contributed by atoms with van der Waals surface area (Å²) in [5, 5.41) is 5.08. The van der Waals surface area contributed by atoms with E-state index in [2.05, 4.69) is 5.10 Å². The molecule has 0 saturated carbocycles. The number of aromatic nitrogens is 2. The van der Waals surface area contributed by atoms with Crippen molar-refractivity contribution in [3.63, 3.8) is 0 Å². The first kappa shape index (κ1) is 16.0. The molecule has 114 valence electrons. The summed E-state index contributed by atoms with van der Waals surface area (Å²) in [6, 6.07) is 5.59. The van der Waals surface area contributed by atoms with Crippen LogP contribution in [-0.4, -0.2) is 14.0 Å². The topological polar surface area (TPSA) is 60.9 Å². The number of nitrogens with two attached hydrogens (primary N) is 1. The van der Waals surface area contributed by atoms with Gasteiger partial charge in [-0.05, 0) is 31.9 Å². The highest BCUT2D eigenvalue weighted by atomic mass is 35.5. The van der Waals surface area contributed by atoms with Crippen molar-refractivity contribution in [3.05, 3.63) is 40.2 Å². The van der Waals surface area contributed by atoms with Gasteiger partial charge in [-0.1, -0.05) is 30.7 Å². The molecule has 1 aromatic carbocycles. The lowest BCUT2D eigenvalue weighted by molar-refractivity contribution is 0.623. The Morgan fingerprint density at radius 2 is 2.10 bits per heavy atom. The molecule has 2 rings (SSSR count). The van der Waals surface area contributed by atoms with Crippen molar-refractivity contribution < 1.29 is 4.21 Å². The highest BCUT2D eigenvalue weighted by molar-refractivity contribution is 7.84. The van der Waals surface area contributed by atoms with Crippen LogP contribution in [0.1, 0.15) is 30.8 Å². The lowest BCUT2D eigenvalue weighted by Gasteiger charge is -2.09. The summed E-state index contributed by atoms with van der Waals surface area (Å²) in [4.78, 5) is 0.660. The van der Waals surface area contributed by atoms with Gasteiger partial charge >= 0.3 is 0 Å². The zero-order valence-corrected chi connectivity index (χ0v) is 14.1. The van der Waals surface area contributed by atoms with E-state index in [9.17, 15) is 4.21 Å². The number of anilines is 1. The van der Waals surface area contributed by atoms with Gasteiger partial charge in [0.25, 0.3) is 0 Å². The summed E-state index contributed by atoms with van der Waals surface area (Å²) in [6.45, 7) is 6.62. The van der Waals surface area contributed by atoms with E-state index in [1.807, 2.05) is 37.6 Å². The smallest absolute Gasteiger partial charge is 0.0859 e. The van der Waals surface area contributed by atoms with Gasteiger partial charge in [-0.15, -0.1) is 0 Å².